The lowest BCUT2D eigenvalue weighted by molar-refractivity contribution is 0.191. The fourth-order valence-electron chi connectivity index (χ4n) is 5.15. The summed E-state index contributed by atoms with van der Waals surface area (Å²) in [6.07, 6.45) is 7.87. The summed E-state index contributed by atoms with van der Waals surface area (Å²) in [6, 6.07) is 24.1. The Balaban J connectivity index is 1.24. The molecule has 8 nitrogen and oxygen atoms in total. The average molecular weight is 506 g/mol. The lowest BCUT2D eigenvalue weighted by Gasteiger charge is -2.32. The molecule has 0 unspecified atom stereocenters. The number of rotatable bonds is 5. The number of amides is 2. The van der Waals surface area contributed by atoms with Gasteiger partial charge >= 0.3 is 6.03 Å². The molecule has 3 aromatic heterocycles. The maximum Gasteiger partial charge on any atom is 0.321 e. The summed E-state index contributed by atoms with van der Waals surface area (Å²) >= 11 is 0. The number of likely N-dealkylation sites (tertiary alicyclic amines) is 1. The number of hydrogen-bond donors (Lipinski definition) is 1. The first-order valence-electron chi connectivity index (χ1n) is 13.0. The molecule has 0 radical (unpaired) electrons. The monoisotopic (exact) mass is 505 g/mol. The molecule has 2 amide bonds. The number of hydrogen-bond acceptors (Lipinski definition) is 4. The maximum atomic E-state index is 13.2. The highest BCUT2D eigenvalue weighted by molar-refractivity contribution is 5.89. The van der Waals surface area contributed by atoms with Gasteiger partial charge in [0, 0.05) is 62.4 Å². The highest BCUT2D eigenvalue weighted by Gasteiger charge is 2.29. The summed E-state index contributed by atoms with van der Waals surface area (Å²) in [5.74, 6) is 1.12. The SMILES string of the molecule is CN(C)c1ccc(NC(=O)N2CCC[C@@H](c3nc(-c4cnn(-c5ccccc5)c4)c4ccccn34)C2)cc1. The molecule has 4 heterocycles. The van der Waals surface area contributed by atoms with E-state index >= 15 is 0 Å². The number of imidazole rings is 1. The van der Waals surface area contributed by atoms with Crippen LogP contribution in [0.4, 0.5) is 16.2 Å². The van der Waals surface area contributed by atoms with Crippen molar-refractivity contribution in [3.63, 3.8) is 0 Å². The Morgan fingerprint density at radius 2 is 1.79 bits per heavy atom. The van der Waals surface area contributed by atoms with Gasteiger partial charge in [-0.3, -0.25) is 0 Å². The molecule has 38 heavy (non-hydrogen) atoms. The largest absolute Gasteiger partial charge is 0.378 e. The maximum absolute atomic E-state index is 13.2. The number of nitrogens with one attached hydrogen (secondary N) is 1. The number of fused-ring (bicyclic) bond motifs is 1. The second-order valence-electron chi connectivity index (χ2n) is 9.94. The van der Waals surface area contributed by atoms with Gasteiger partial charge < -0.3 is 19.5 Å². The molecule has 5 aromatic rings. The third-order valence-electron chi connectivity index (χ3n) is 7.16. The highest BCUT2D eigenvalue weighted by Crippen LogP contribution is 2.32. The summed E-state index contributed by atoms with van der Waals surface area (Å²) in [5.41, 5.74) is 5.82. The van der Waals surface area contributed by atoms with E-state index in [1.807, 2.05) is 108 Å². The highest BCUT2D eigenvalue weighted by atomic mass is 16.2. The van der Waals surface area contributed by atoms with Crippen molar-refractivity contribution in [2.75, 3.05) is 37.4 Å². The van der Waals surface area contributed by atoms with Gasteiger partial charge in [-0.2, -0.15) is 5.10 Å². The number of urea groups is 1. The first-order chi connectivity index (χ1) is 18.6. The Labute approximate surface area is 222 Å². The number of carbonyl (C=O) groups is 1. The van der Waals surface area contributed by atoms with E-state index < -0.39 is 0 Å². The van der Waals surface area contributed by atoms with Crippen molar-refractivity contribution in [3.8, 4) is 16.9 Å². The third kappa shape index (κ3) is 4.61. The summed E-state index contributed by atoms with van der Waals surface area (Å²) in [4.78, 5) is 22.2. The molecule has 1 fully saturated rings. The topological polar surface area (TPSA) is 70.7 Å². The fraction of sp³-hybridized carbons (Fsp3) is 0.233. The minimum atomic E-state index is -0.0717. The van der Waals surface area contributed by atoms with Crippen LogP contribution in [0.1, 0.15) is 24.6 Å². The molecule has 0 spiro atoms. The zero-order valence-electron chi connectivity index (χ0n) is 21.7. The van der Waals surface area contributed by atoms with E-state index in [-0.39, 0.29) is 11.9 Å². The number of carbonyl (C=O) groups excluding carboxylic acids is 1. The predicted octanol–water partition coefficient (Wildman–Crippen LogP) is 5.66. The Hall–Kier alpha value is -4.59. The Morgan fingerprint density at radius 3 is 2.58 bits per heavy atom. The smallest absolute Gasteiger partial charge is 0.321 e. The van der Waals surface area contributed by atoms with Crippen molar-refractivity contribution in [1.82, 2.24) is 24.1 Å². The molecule has 6 rings (SSSR count). The van der Waals surface area contributed by atoms with Gasteiger partial charge in [0.25, 0.3) is 0 Å². The fourth-order valence-corrected chi connectivity index (χ4v) is 5.15. The predicted molar refractivity (Wildman–Crippen MR) is 151 cm³/mol. The summed E-state index contributed by atoms with van der Waals surface area (Å²) in [7, 11) is 4.00. The van der Waals surface area contributed by atoms with E-state index in [0.717, 1.165) is 59.0 Å². The van der Waals surface area contributed by atoms with Crippen molar-refractivity contribution >= 4 is 22.9 Å². The van der Waals surface area contributed by atoms with E-state index in [1.54, 1.807) is 0 Å². The molecule has 192 valence electrons. The van der Waals surface area contributed by atoms with Crippen LogP contribution in [-0.4, -0.2) is 57.3 Å². The van der Waals surface area contributed by atoms with Crippen LogP contribution in [0.5, 0.6) is 0 Å². The van der Waals surface area contributed by atoms with Gasteiger partial charge in [-0.15, -0.1) is 0 Å². The van der Waals surface area contributed by atoms with Crippen LogP contribution in [0.15, 0.2) is 91.4 Å². The van der Waals surface area contributed by atoms with Crippen molar-refractivity contribution in [2.24, 2.45) is 0 Å². The van der Waals surface area contributed by atoms with Gasteiger partial charge in [0.15, 0.2) is 0 Å². The molecular weight excluding hydrogens is 474 g/mol. The number of piperidine rings is 1. The average Bonchev–Trinajstić information content (AvgIpc) is 3.59. The van der Waals surface area contributed by atoms with Crippen LogP contribution in [0.3, 0.4) is 0 Å². The van der Waals surface area contributed by atoms with Crippen LogP contribution in [0.2, 0.25) is 0 Å². The second kappa shape index (κ2) is 10.0. The van der Waals surface area contributed by atoms with Gasteiger partial charge in [-0.05, 0) is 61.4 Å². The number of benzene rings is 2. The quantitative estimate of drug-likeness (QED) is 0.334. The number of nitrogens with zero attached hydrogens (tertiary/aromatic N) is 6. The number of aromatic nitrogens is 4. The number of anilines is 2. The summed E-state index contributed by atoms with van der Waals surface area (Å²) < 4.78 is 4.04. The van der Waals surface area contributed by atoms with Crippen molar-refractivity contribution in [1.29, 1.82) is 0 Å². The Morgan fingerprint density at radius 1 is 1.00 bits per heavy atom. The standard InChI is InChI=1S/C30H31N7O/c1-34(2)25-15-13-24(14-16-25)32-30(38)35-17-8-9-22(20-35)29-33-28(27-12-6-7-18-36(27)29)23-19-31-37(21-23)26-10-4-3-5-11-26/h3-7,10-16,18-19,21-22H,8-9,17,20H2,1-2H3,(H,32,38)/t22-/m1/s1. The lowest BCUT2D eigenvalue weighted by atomic mass is 9.97. The minimum absolute atomic E-state index is 0.0717. The molecule has 0 bridgehead atoms. The number of para-hydroxylation sites is 1. The summed E-state index contributed by atoms with van der Waals surface area (Å²) in [5, 5.41) is 7.65. The molecule has 0 aliphatic carbocycles. The second-order valence-corrected chi connectivity index (χ2v) is 9.94. The van der Waals surface area contributed by atoms with Crippen LogP contribution < -0.4 is 10.2 Å². The van der Waals surface area contributed by atoms with E-state index in [9.17, 15) is 4.79 Å². The molecule has 1 aliphatic rings. The zero-order chi connectivity index (χ0) is 26.1. The van der Waals surface area contributed by atoms with Crippen LogP contribution >= 0.6 is 0 Å². The van der Waals surface area contributed by atoms with Gasteiger partial charge in [0.2, 0.25) is 0 Å². The molecule has 1 aliphatic heterocycles. The van der Waals surface area contributed by atoms with Crippen LogP contribution in [0.25, 0.3) is 22.5 Å². The zero-order valence-corrected chi connectivity index (χ0v) is 21.7. The molecule has 1 N–H and O–H groups in total. The normalized spacial score (nSPS) is 15.5. The van der Waals surface area contributed by atoms with Crippen molar-refractivity contribution in [2.45, 2.75) is 18.8 Å². The van der Waals surface area contributed by atoms with Crippen LogP contribution in [0, 0.1) is 0 Å². The van der Waals surface area contributed by atoms with E-state index in [4.69, 9.17) is 4.98 Å². The van der Waals surface area contributed by atoms with Gasteiger partial charge in [-0.1, -0.05) is 24.3 Å². The first kappa shape index (κ1) is 23.8. The molecule has 2 aromatic carbocycles. The Kier molecular flexibility index (Phi) is 6.29. The summed E-state index contributed by atoms with van der Waals surface area (Å²) in [6.45, 7) is 1.36. The first-order valence-corrected chi connectivity index (χ1v) is 13.0. The molecular formula is C30H31N7O. The Bertz CT molecular complexity index is 1550. The van der Waals surface area contributed by atoms with Crippen molar-refractivity contribution in [3.05, 3.63) is 97.2 Å². The van der Waals surface area contributed by atoms with E-state index in [2.05, 4.69) is 27.1 Å². The molecule has 1 atom stereocenters. The van der Waals surface area contributed by atoms with Gasteiger partial charge in [-0.25, -0.2) is 14.5 Å². The van der Waals surface area contributed by atoms with Crippen molar-refractivity contribution < 1.29 is 4.79 Å². The van der Waals surface area contributed by atoms with E-state index in [0.29, 0.717) is 6.54 Å². The molecule has 8 heteroatoms. The molecule has 1 saturated heterocycles. The number of pyridine rings is 1. The van der Waals surface area contributed by atoms with E-state index in [1.165, 1.54) is 0 Å². The molecule has 0 saturated carbocycles. The lowest BCUT2D eigenvalue weighted by Crippen LogP contribution is -2.42. The van der Waals surface area contributed by atoms with Gasteiger partial charge in [0.1, 0.15) is 5.82 Å². The minimum Gasteiger partial charge on any atom is -0.378 e. The third-order valence-corrected chi connectivity index (χ3v) is 7.16. The van der Waals surface area contributed by atoms with Gasteiger partial charge in [0.05, 0.1) is 23.1 Å². The van der Waals surface area contributed by atoms with Crippen LogP contribution in [-0.2, 0) is 0 Å².